The second-order valence-electron chi connectivity index (χ2n) is 4.44. The van der Waals surface area contributed by atoms with E-state index in [1.165, 1.54) is 10.5 Å². The van der Waals surface area contributed by atoms with Crippen LogP contribution in [0, 0.1) is 0 Å². The van der Waals surface area contributed by atoms with E-state index in [1.54, 1.807) is 6.92 Å². The molecule has 0 aliphatic carbocycles. The van der Waals surface area contributed by atoms with Gasteiger partial charge in [0.15, 0.2) is 0 Å². The van der Waals surface area contributed by atoms with Gasteiger partial charge >= 0.3 is 6.09 Å². The molecule has 2 rings (SSSR count). The predicted octanol–water partition coefficient (Wildman–Crippen LogP) is 1.49. The lowest BCUT2D eigenvalue weighted by atomic mass is 10.2. The standard InChI is InChI=1S/C14H18N2O3/c1-2-19-14(18)16-9-8-15(11-13(16)17)10-12-6-4-3-5-7-12/h3-7H,2,8-11H2,1H3. The van der Waals surface area contributed by atoms with Crippen molar-refractivity contribution in [1.82, 2.24) is 9.80 Å². The van der Waals surface area contributed by atoms with Gasteiger partial charge in [0.2, 0.25) is 5.91 Å². The van der Waals surface area contributed by atoms with Crippen LogP contribution in [-0.4, -0.2) is 48.0 Å². The van der Waals surface area contributed by atoms with Crippen molar-refractivity contribution in [1.29, 1.82) is 0 Å². The number of imide groups is 1. The number of hydrogen-bond donors (Lipinski definition) is 0. The molecule has 0 spiro atoms. The number of hydrogen-bond acceptors (Lipinski definition) is 4. The summed E-state index contributed by atoms with van der Waals surface area (Å²) in [5.41, 5.74) is 1.17. The molecule has 0 bridgehead atoms. The Morgan fingerprint density at radius 3 is 2.63 bits per heavy atom. The fourth-order valence-electron chi connectivity index (χ4n) is 2.09. The van der Waals surface area contributed by atoms with Crippen molar-refractivity contribution in [2.75, 3.05) is 26.2 Å². The smallest absolute Gasteiger partial charge is 0.416 e. The number of ether oxygens (including phenoxy) is 1. The minimum absolute atomic E-state index is 0.194. The highest BCUT2D eigenvalue weighted by Gasteiger charge is 2.29. The predicted molar refractivity (Wildman–Crippen MR) is 70.5 cm³/mol. The zero-order valence-corrected chi connectivity index (χ0v) is 11.0. The average molecular weight is 262 g/mol. The van der Waals surface area contributed by atoms with Crippen LogP contribution in [0.2, 0.25) is 0 Å². The van der Waals surface area contributed by atoms with E-state index < -0.39 is 6.09 Å². The molecule has 1 aromatic rings. The van der Waals surface area contributed by atoms with Crippen LogP contribution in [0.15, 0.2) is 30.3 Å². The Morgan fingerprint density at radius 1 is 1.26 bits per heavy atom. The Balaban J connectivity index is 1.90. The molecule has 1 fully saturated rings. The van der Waals surface area contributed by atoms with Crippen LogP contribution >= 0.6 is 0 Å². The van der Waals surface area contributed by atoms with Crippen LogP contribution < -0.4 is 0 Å². The first-order valence-electron chi connectivity index (χ1n) is 6.44. The maximum atomic E-state index is 11.9. The van der Waals surface area contributed by atoms with Gasteiger partial charge in [-0.15, -0.1) is 0 Å². The number of carbonyl (C=O) groups excluding carboxylic acids is 2. The van der Waals surface area contributed by atoms with E-state index in [0.29, 0.717) is 13.1 Å². The molecule has 1 aliphatic heterocycles. The average Bonchev–Trinajstić information content (AvgIpc) is 2.40. The van der Waals surface area contributed by atoms with Crippen molar-refractivity contribution < 1.29 is 14.3 Å². The maximum absolute atomic E-state index is 11.9. The molecular weight excluding hydrogens is 244 g/mol. The molecule has 0 N–H and O–H groups in total. The first-order chi connectivity index (χ1) is 9.20. The first-order valence-corrected chi connectivity index (χ1v) is 6.44. The molecule has 0 radical (unpaired) electrons. The van der Waals surface area contributed by atoms with E-state index in [9.17, 15) is 9.59 Å². The van der Waals surface area contributed by atoms with Crippen LogP contribution in [0.5, 0.6) is 0 Å². The molecule has 0 unspecified atom stereocenters. The van der Waals surface area contributed by atoms with Crippen LogP contribution in [0.1, 0.15) is 12.5 Å². The Labute approximate surface area is 112 Å². The number of benzene rings is 1. The first kappa shape index (κ1) is 13.5. The van der Waals surface area contributed by atoms with Crippen molar-refractivity contribution in [3.05, 3.63) is 35.9 Å². The number of amides is 2. The molecule has 1 aromatic carbocycles. The number of rotatable bonds is 3. The van der Waals surface area contributed by atoms with Crippen molar-refractivity contribution >= 4 is 12.0 Å². The molecule has 102 valence electrons. The highest BCUT2D eigenvalue weighted by Crippen LogP contribution is 2.10. The minimum Gasteiger partial charge on any atom is -0.449 e. The van der Waals surface area contributed by atoms with Gasteiger partial charge in [-0.05, 0) is 12.5 Å². The SMILES string of the molecule is CCOC(=O)N1CCN(Cc2ccccc2)CC1=O. The second-order valence-corrected chi connectivity index (χ2v) is 4.44. The molecule has 0 aromatic heterocycles. The summed E-state index contributed by atoms with van der Waals surface area (Å²) in [5, 5.41) is 0. The second kappa shape index (κ2) is 6.33. The van der Waals surface area contributed by atoms with Crippen LogP contribution in [0.3, 0.4) is 0 Å². The summed E-state index contributed by atoms with van der Waals surface area (Å²) < 4.78 is 4.85. The van der Waals surface area contributed by atoms with E-state index in [0.717, 1.165) is 6.54 Å². The van der Waals surface area contributed by atoms with Gasteiger partial charge in [0.1, 0.15) is 0 Å². The summed E-state index contributed by atoms with van der Waals surface area (Å²) in [5.74, 6) is -0.194. The summed E-state index contributed by atoms with van der Waals surface area (Å²) in [6, 6.07) is 9.98. The van der Waals surface area contributed by atoms with Crippen molar-refractivity contribution in [3.8, 4) is 0 Å². The third kappa shape index (κ3) is 3.54. The van der Waals surface area contributed by atoms with E-state index in [2.05, 4.69) is 0 Å². The minimum atomic E-state index is -0.535. The molecule has 0 atom stereocenters. The topological polar surface area (TPSA) is 49.9 Å². The summed E-state index contributed by atoms with van der Waals surface area (Å²) in [6.45, 7) is 4.07. The van der Waals surface area contributed by atoms with Gasteiger partial charge in [-0.3, -0.25) is 9.69 Å². The number of carbonyl (C=O) groups is 2. The molecule has 0 saturated carbocycles. The van der Waals surface area contributed by atoms with Crippen LogP contribution in [0.4, 0.5) is 4.79 Å². The number of nitrogens with zero attached hydrogens (tertiary/aromatic N) is 2. The van der Waals surface area contributed by atoms with Gasteiger partial charge in [0, 0.05) is 19.6 Å². The third-order valence-electron chi connectivity index (χ3n) is 3.04. The van der Waals surface area contributed by atoms with Gasteiger partial charge < -0.3 is 4.74 Å². The zero-order chi connectivity index (χ0) is 13.7. The van der Waals surface area contributed by atoms with Crippen molar-refractivity contribution in [2.45, 2.75) is 13.5 Å². The quantitative estimate of drug-likeness (QED) is 0.828. The van der Waals surface area contributed by atoms with E-state index in [-0.39, 0.29) is 19.1 Å². The summed E-state index contributed by atoms with van der Waals surface area (Å²) in [4.78, 5) is 26.7. The highest BCUT2D eigenvalue weighted by molar-refractivity contribution is 5.93. The summed E-state index contributed by atoms with van der Waals surface area (Å²) in [7, 11) is 0. The molecule has 19 heavy (non-hydrogen) atoms. The normalized spacial score (nSPS) is 16.5. The van der Waals surface area contributed by atoms with E-state index >= 15 is 0 Å². The fourth-order valence-corrected chi connectivity index (χ4v) is 2.09. The molecule has 1 aliphatic rings. The van der Waals surface area contributed by atoms with Gasteiger partial charge in [-0.2, -0.15) is 0 Å². The lowest BCUT2D eigenvalue weighted by molar-refractivity contribution is -0.134. The third-order valence-corrected chi connectivity index (χ3v) is 3.04. The molecule has 2 amide bonds. The maximum Gasteiger partial charge on any atom is 0.416 e. The molecular formula is C14H18N2O3. The Hall–Kier alpha value is -1.88. The molecule has 1 heterocycles. The van der Waals surface area contributed by atoms with Gasteiger partial charge in [0.05, 0.1) is 13.2 Å². The molecule has 5 nitrogen and oxygen atoms in total. The number of piperazine rings is 1. The van der Waals surface area contributed by atoms with Gasteiger partial charge in [0.25, 0.3) is 0 Å². The Kier molecular flexibility index (Phi) is 4.52. The van der Waals surface area contributed by atoms with Crippen molar-refractivity contribution in [3.63, 3.8) is 0 Å². The van der Waals surface area contributed by atoms with Crippen molar-refractivity contribution in [2.24, 2.45) is 0 Å². The lowest BCUT2D eigenvalue weighted by Crippen LogP contribution is -2.52. The summed E-state index contributed by atoms with van der Waals surface area (Å²) in [6.07, 6.45) is -0.535. The monoisotopic (exact) mass is 262 g/mol. The summed E-state index contributed by atoms with van der Waals surface area (Å²) >= 11 is 0. The molecule has 5 heteroatoms. The van der Waals surface area contributed by atoms with Gasteiger partial charge in [-0.1, -0.05) is 30.3 Å². The lowest BCUT2D eigenvalue weighted by Gasteiger charge is -2.32. The van der Waals surface area contributed by atoms with E-state index in [1.807, 2.05) is 35.2 Å². The van der Waals surface area contributed by atoms with Gasteiger partial charge in [-0.25, -0.2) is 9.69 Å². The zero-order valence-electron chi connectivity index (χ0n) is 11.0. The highest BCUT2D eigenvalue weighted by atomic mass is 16.6. The van der Waals surface area contributed by atoms with Crippen LogP contribution in [-0.2, 0) is 16.1 Å². The van der Waals surface area contributed by atoms with E-state index in [4.69, 9.17) is 4.74 Å². The fraction of sp³-hybridized carbons (Fsp3) is 0.429. The van der Waals surface area contributed by atoms with Crippen LogP contribution in [0.25, 0.3) is 0 Å². The Morgan fingerprint density at radius 2 is 2.00 bits per heavy atom. The Bertz CT molecular complexity index is 447. The largest absolute Gasteiger partial charge is 0.449 e. The molecule has 1 saturated heterocycles.